The van der Waals surface area contributed by atoms with Crippen molar-refractivity contribution in [2.45, 2.75) is 54.1 Å². The first-order valence-electron chi connectivity index (χ1n) is 18.3. The largest absolute Gasteiger partial charge is 0.486 e. The van der Waals surface area contributed by atoms with E-state index in [4.69, 9.17) is 12.6 Å². The van der Waals surface area contributed by atoms with E-state index in [0.29, 0.717) is 50.1 Å². The summed E-state index contributed by atoms with van der Waals surface area (Å²) in [6.07, 6.45) is 5.05. The summed E-state index contributed by atoms with van der Waals surface area (Å²) in [6, 6.07) is 25.3. The van der Waals surface area contributed by atoms with Gasteiger partial charge >= 0.3 is 0 Å². The van der Waals surface area contributed by atoms with Gasteiger partial charge in [-0.15, -0.1) is 47.5 Å². The van der Waals surface area contributed by atoms with Crippen LogP contribution in [0.1, 0.15) is 36.0 Å². The van der Waals surface area contributed by atoms with E-state index in [1.54, 1.807) is 36.8 Å². The first-order valence-corrected chi connectivity index (χ1v) is 18.8. The van der Waals surface area contributed by atoms with E-state index in [1.165, 1.54) is 40.5 Å². The van der Waals surface area contributed by atoms with Crippen LogP contribution in [0, 0.1) is 52.4 Å². The second-order valence-electron chi connectivity index (χ2n) is 12.7. The standard InChI is InChI=1S/C25H18FN2O.C16H20NSi.Ir/c1-14-11-15(2)22(16(3)12-14)17-8-10-27-21(13-17)18-6-7-20(26)23-19-5-4-9-28-25(19)29-24(18)23;1-12-6-8-14(9-7-12)15-10-13(2)16(11-17-15)18(3,4)5;/h4-5,7-13H,1-3H3;6-8,10-11H,1-5H3;/q2*-1;/i;1D3,2D3;. The van der Waals surface area contributed by atoms with Gasteiger partial charge in [0.1, 0.15) is 0 Å². The third-order valence-electron chi connectivity index (χ3n) is 8.06. The molecule has 0 saturated heterocycles. The summed E-state index contributed by atoms with van der Waals surface area (Å²) in [5, 5.41) is 1.87. The van der Waals surface area contributed by atoms with Crippen LogP contribution in [0.3, 0.4) is 0 Å². The van der Waals surface area contributed by atoms with Crippen LogP contribution in [0.25, 0.3) is 55.7 Å². The van der Waals surface area contributed by atoms with Crippen molar-refractivity contribution in [3.63, 3.8) is 0 Å². The number of furan rings is 1. The van der Waals surface area contributed by atoms with Crippen molar-refractivity contribution in [3.8, 4) is 33.6 Å². The number of hydrogen-bond acceptors (Lipinski definition) is 4. The summed E-state index contributed by atoms with van der Waals surface area (Å²) in [5.74, 6) is -0.378. The van der Waals surface area contributed by atoms with Crippen molar-refractivity contribution in [3.05, 3.63) is 131 Å². The molecular formula is C41H38FIrN3OSi-2. The van der Waals surface area contributed by atoms with Gasteiger partial charge in [0, 0.05) is 58.1 Å². The van der Waals surface area contributed by atoms with Gasteiger partial charge in [-0.3, -0.25) is 4.39 Å². The Morgan fingerprint density at radius 1 is 0.792 bits per heavy atom. The molecule has 4 aromatic heterocycles. The van der Waals surface area contributed by atoms with Gasteiger partial charge in [-0.1, -0.05) is 67.4 Å². The molecule has 0 aliphatic rings. The topological polar surface area (TPSA) is 51.8 Å². The Bertz CT molecular complexity index is 2450. The van der Waals surface area contributed by atoms with Gasteiger partial charge in [0.25, 0.3) is 0 Å². The van der Waals surface area contributed by atoms with Crippen LogP contribution in [0.15, 0.2) is 89.7 Å². The fourth-order valence-corrected chi connectivity index (χ4v) is 7.28. The summed E-state index contributed by atoms with van der Waals surface area (Å²) in [6.45, 7) is 8.16. The molecular weight excluding hydrogens is 790 g/mol. The number of aryl methyl sites for hydroxylation is 5. The number of hydrogen-bond donors (Lipinski definition) is 0. The third-order valence-corrected chi connectivity index (χ3v) is 10.1. The zero-order valence-electron chi connectivity index (χ0n) is 33.5. The summed E-state index contributed by atoms with van der Waals surface area (Å²) in [7, 11) is -1.85. The Kier molecular flexibility index (Phi) is 8.09. The van der Waals surface area contributed by atoms with Crippen molar-refractivity contribution in [1.82, 2.24) is 15.0 Å². The SMILES string of the molecule is Cc1cc(C)c(-c2ccnc(-c3[c-]cc(F)c4c3oc3ncccc34)c2)c(C)c1.[2H]C([2H])([2H])c1c[c-]c(-c2cc(C([2H])([2H])[2H])c([Si](C)(C)C)cn2)cc1.[Ir]. The van der Waals surface area contributed by atoms with Crippen molar-refractivity contribution in [2.75, 3.05) is 0 Å². The molecule has 0 aliphatic carbocycles. The number of halogens is 1. The molecule has 0 atom stereocenters. The van der Waals surface area contributed by atoms with Crippen LogP contribution in [-0.4, -0.2) is 23.0 Å². The van der Waals surface area contributed by atoms with Gasteiger partial charge < -0.3 is 14.4 Å². The molecule has 3 aromatic carbocycles. The van der Waals surface area contributed by atoms with Crippen molar-refractivity contribution in [1.29, 1.82) is 0 Å². The summed E-state index contributed by atoms with van der Waals surface area (Å²) < 4.78 is 66.1. The van der Waals surface area contributed by atoms with E-state index in [9.17, 15) is 4.39 Å². The molecule has 7 aromatic rings. The molecule has 4 heterocycles. The first kappa shape index (κ1) is 27.6. The normalized spacial score (nSPS) is 13.6. The first-order chi connectivity index (χ1) is 24.8. The number of benzene rings is 3. The molecule has 1 radical (unpaired) electrons. The van der Waals surface area contributed by atoms with Crippen molar-refractivity contribution in [2.24, 2.45) is 0 Å². The van der Waals surface area contributed by atoms with Gasteiger partial charge in [0.05, 0.1) is 13.7 Å². The molecule has 0 N–H and O–H groups in total. The molecule has 0 aliphatic heterocycles. The van der Waals surface area contributed by atoms with E-state index in [0.717, 1.165) is 10.8 Å². The average Bonchev–Trinajstić information content (AvgIpc) is 3.48. The second-order valence-corrected chi connectivity index (χ2v) is 17.8. The van der Waals surface area contributed by atoms with Crippen LogP contribution in [0.4, 0.5) is 4.39 Å². The van der Waals surface area contributed by atoms with Crippen molar-refractivity contribution < 1.29 is 37.1 Å². The quantitative estimate of drug-likeness (QED) is 0.131. The summed E-state index contributed by atoms with van der Waals surface area (Å²) >= 11 is 0. The van der Waals surface area contributed by atoms with Crippen LogP contribution in [0.5, 0.6) is 0 Å². The molecule has 0 bridgehead atoms. The van der Waals surface area contributed by atoms with E-state index >= 15 is 0 Å². The smallest absolute Gasteiger partial charge is 0.216 e. The second kappa shape index (κ2) is 14.1. The molecule has 7 rings (SSSR count). The zero-order valence-corrected chi connectivity index (χ0v) is 30.9. The Morgan fingerprint density at radius 3 is 2.27 bits per heavy atom. The third kappa shape index (κ3) is 7.09. The van der Waals surface area contributed by atoms with E-state index in [2.05, 4.69) is 79.6 Å². The predicted molar refractivity (Wildman–Crippen MR) is 194 cm³/mol. The molecule has 0 amide bonds. The number of aromatic nitrogens is 3. The molecule has 7 heteroatoms. The maximum Gasteiger partial charge on any atom is 0.216 e. The fourth-order valence-electron chi connectivity index (χ4n) is 5.95. The minimum atomic E-state index is -2.22. The maximum absolute atomic E-state index is 14.6. The molecule has 4 nitrogen and oxygen atoms in total. The van der Waals surface area contributed by atoms with Crippen LogP contribution >= 0.6 is 0 Å². The Labute approximate surface area is 305 Å². The molecule has 0 saturated carbocycles. The monoisotopic (exact) mass is 834 g/mol. The number of fused-ring (bicyclic) bond motifs is 3. The van der Waals surface area contributed by atoms with Gasteiger partial charge in [-0.25, -0.2) is 4.98 Å². The summed E-state index contributed by atoms with van der Waals surface area (Å²) in [4.78, 5) is 13.1. The van der Waals surface area contributed by atoms with Gasteiger partial charge in [-0.2, -0.15) is 0 Å². The van der Waals surface area contributed by atoms with Gasteiger partial charge in [0.2, 0.25) is 5.71 Å². The van der Waals surface area contributed by atoms with Crippen LogP contribution in [-0.2, 0) is 20.1 Å². The maximum atomic E-state index is 14.6. The number of pyridine rings is 3. The Balaban J connectivity index is 0.000000208. The van der Waals surface area contributed by atoms with Crippen LogP contribution < -0.4 is 5.19 Å². The number of nitrogens with zero attached hydrogens (tertiary/aromatic N) is 3. The number of rotatable bonds is 4. The van der Waals surface area contributed by atoms with E-state index < -0.39 is 21.8 Å². The molecule has 0 spiro atoms. The minimum Gasteiger partial charge on any atom is -0.486 e. The molecule has 0 fully saturated rings. The Hall–Kier alpha value is -4.29. The van der Waals surface area contributed by atoms with E-state index in [-0.39, 0.29) is 31.5 Å². The fraction of sp³-hybridized carbons (Fsp3) is 0.195. The average molecular weight is 834 g/mol. The summed E-state index contributed by atoms with van der Waals surface area (Å²) in [5.41, 5.74) is 9.62. The van der Waals surface area contributed by atoms with Crippen LogP contribution in [0.2, 0.25) is 19.6 Å². The van der Waals surface area contributed by atoms with E-state index in [1.807, 2.05) is 18.2 Å². The Morgan fingerprint density at radius 2 is 1.58 bits per heavy atom. The van der Waals surface area contributed by atoms with Crippen molar-refractivity contribution >= 4 is 35.3 Å². The zero-order chi connectivity index (χ0) is 38.5. The predicted octanol–water partition coefficient (Wildman–Crippen LogP) is 10.3. The van der Waals surface area contributed by atoms with Gasteiger partial charge in [-0.05, 0) is 90.0 Å². The molecule has 0 unspecified atom stereocenters. The van der Waals surface area contributed by atoms with Gasteiger partial charge in [0.15, 0.2) is 0 Å². The molecule has 48 heavy (non-hydrogen) atoms. The molecule has 245 valence electrons. The minimum absolute atomic E-state index is 0.